The molecule has 5 heteroatoms. The first-order valence-electron chi connectivity index (χ1n) is 3.38. The van der Waals surface area contributed by atoms with Crippen LogP contribution in [0.25, 0.3) is 0 Å². The van der Waals surface area contributed by atoms with E-state index in [0.29, 0.717) is 9.75 Å². The summed E-state index contributed by atoms with van der Waals surface area (Å²) in [6.07, 6.45) is -0.522. The van der Waals surface area contributed by atoms with E-state index in [1.54, 1.807) is 0 Å². The lowest BCUT2D eigenvalue weighted by Gasteiger charge is -1.89. The minimum atomic E-state index is -1.16. The predicted molar refractivity (Wildman–Crippen MR) is 45.6 cm³/mol. The molecule has 0 aliphatic heterocycles. The fourth-order valence-electron chi connectivity index (χ4n) is 0.772. The van der Waals surface area contributed by atoms with Gasteiger partial charge < -0.3 is 5.11 Å². The fourth-order valence-corrected chi connectivity index (χ4v) is 1.51. The molecule has 0 unspecified atom stereocenters. The molecule has 13 heavy (non-hydrogen) atoms. The molecule has 0 radical (unpaired) electrons. The van der Waals surface area contributed by atoms with Crippen molar-refractivity contribution in [1.29, 1.82) is 5.26 Å². The molecule has 0 aliphatic rings. The van der Waals surface area contributed by atoms with Crippen LogP contribution >= 0.6 is 11.3 Å². The summed E-state index contributed by atoms with van der Waals surface area (Å²) in [6, 6.07) is 4.84. The number of hydrogen-bond acceptors (Lipinski definition) is 4. The highest BCUT2D eigenvalue weighted by atomic mass is 32.1. The summed E-state index contributed by atoms with van der Waals surface area (Å²) in [5.74, 6) is -1.61. The number of aliphatic carboxylic acids is 1. The maximum Gasteiger partial charge on any atom is 0.311 e. The Morgan fingerprint density at radius 1 is 1.54 bits per heavy atom. The van der Waals surface area contributed by atoms with Crippen LogP contribution < -0.4 is 0 Å². The van der Waals surface area contributed by atoms with Gasteiger partial charge in [-0.15, -0.1) is 11.3 Å². The molecule has 0 aromatic carbocycles. The maximum absolute atomic E-state index is 11.1. The van der Waals surface area contributed by atoms with E-state index in [0.717, 1.165) is 11.3 Å². The molecule has 66 valence electrons. The molecular formula is C8H5NO3S. The Morgan fingerprint density at radius 3 is 2.69 bits per heavy atom. The second kappa shape index (κ2) is 3.83. The van der Waals surface area contributed by atoms with Gasteiger partial charge in [0.05, 0.1) is 4.88 Å². The van der Waals surface area contributed by atoms with E-state index in [-0.39, 0.29) is 0 Å². The number of carboxylic acids is 1. The zero-order chi connectivity index (χ0) is 9.84. The Balaban J connectivity index is 2.79. The average Bonchev–Trinajstić information content (AvgIpc) is 2.50. The number of rotatable bonds is 3. The smallest absolute Gasteiger partial charge is 0.311 e. The minimum Gasteiger partial charge on any atom is -0.481 e. The molecule has 1 heterocycles. The molecule has 0 amide bonds. The van der Waals surface area contributed by atoms with Crippen LogP contribution in [0.1, 0.15) is 21.0 Å². The zero-order valence-electron chi connectivity index (χ0n) is 6.48. The molecule has 1 rings (SSSR count). The number of thiophene rings is 1. The summed E-state index contributed by atoms with van der Waals surface area (Å²) < 4.78 is 0. The highest BCUT2D eigenvalue weighted by Gasteiger charge is 2.12. The molecule has 0 aliphatic carbocycles. The molecule has 1 aromatic rings. The van der Waals surface area contributed by atoms with Gasteiger partial charge in [-0.2, -0.15) is 5.26 Å². The number of nitriles is 1. The summed E-state index contributed by atoms with van der Waals surface area (Å²) in [4.78, 5) is 22.0. The molecule has 0 atom stereocenters. The molecule has 0 saturated carbocycles. The van der Waals surface area contributed by atoms with E-state index in [1.165, 1.54) is 12.1 Å². The SMILES string of the molecule is N#Cc1ccc(C(=O)CC(=O)O)s1. The molecular weight excluding hydrogens is 190 g/mol. The van der Waals surface area contributed by atoms with Crippen molar-refractivity contribution >= 4 is 23.1 Å². The van der Waals surface area contributed by atoms with Crippen LogP contribution in [0.5, 0.6) is 0 Å². The molecule has 4 nitrogen and oxygen atoms in total. The first-order chi connectivity index (χ1) is 6.13. The number of ketones is 1. The third-order valence-corrected chi connectivity index (χ3v) is 2.33. The lowest BCUT2D eigenvalue weighted by Crippen LogP contribution is -2.04. The highest BCUT2D eigenvalue weighted by Crippen LogP contribution is 2.16. The minimum absolute atomic E-state index is 0.318. The largest absolute Gasteiger partial charge is 0.481 e. The number of Topliss-reactive ketones (excluding diaryl/α,β-unsaturated/α-hetero) is 1. The third-order valence-electron chi connectivity index (χ3n) is 1.30. The van der Waals surface area contributed by atoms with Gasteiger partial charge in [-0.1, -0.05) is 0 Å². The van der Waals surface area contributed by atoms with E-state index < -0.39 is 18.2 Å². The predicted octanol–water partition coefficient (Wildman–Crippen LogP) is 1.28. The second-order valence-electron chi connectivity index (χ2n) is 2.27. The van der Waals surface area contributed by atoms with Crippen molar-refractivity contribution in [2.75, 3.05) is 0 Å². The normalized spacial score (nSPS) is 9.15. The quantitative estimate of drug-likeness (QED) is 0.582. The number of hydrogen-bond donors (Lipinski definition) is 1. The van der Waals surface area contributed by atoms with Gasteiger partial charge in [0, 0.05) is 0 Å². The Morgan fingerprint density at radius 2 is 2.23 bits per heavy atom. The Labute approximate surface area is 78.0 Å². The monoisotopic (exact) mass is 195 g/mol. The van der Waals surface area contributed by atoms with Gasteiger partial charge >= 0.3 is 5.97 Å². The standard InChI is InChI=1S/C8H5NO3S/c9-4-5-1-2-7(13-5)6(10)3-8(11)12/h1-2H,3H2,(H,11,12). The summed E-state index contributed by atoms with van der Waals surface area (Å²) in [6.45, 7) is 0. The average molecular weight is 195 g/mol. The molecule has 0 bridgehead atoms. The summed E-state index contributed by atoms with van der Waals surface area (Å²) in [7, 11) is 0. The first-order valence-corrected chi connectivity index (χ1v) is 4.20. The van der Waals surface area contributed by atoms with Gasteiger partial charge in [0.25, 0.3) is 0 Å². The van der Waals surface area contributed by atoms with Crippen LogP contribution in [-0.4, -0.2) is 16.9 Å². The van der Waals surface area contributed by atoms with Gasteiger partial charge in [0.1, 0.15) is 17.4 Å². The number of carboxylic acid groups (broad SMARTS) is 1. The van der Waals surface area contributed by atoms with Crippen LogP contribution in [0, 0.1) is 11.3 Å². The van der Waals surface area contributed by atoms with Crippen LogP contribution in [0.2, 0.25) is 0 Å². The van der Waals surface area contributed by atoms with Crippen molar-refractivity contribution in [2.45, 2.75) is 6.42 Å². The van der Waals surface area contributed by atoms with E-state index in [1.807, 2.05) is 6.07 Å². The lowest BCUT2D eigenvalue weighted by atomic mass is 10.2. The van der Waals surface area contributed by atoms with Gasteiger partial charge in [0.2, 0.25) is 0 Å². The van der Waals surface area contributed by atoms with Crippen molar-refractivity contribution in [3.63, 3.8) is 0 Å². The molecule has 1 N–H and O–H groups in total. The first kappa shape index (κ1) is 9.42. The lowest BCUT2D eigenvalue weighted by molar-refractivity contribution is -0.135. The van der Waals surface area contributed by atoms with Crippen molar-refractivity contribution in [1.82, 2.24) is 0 Å². The van der Waals surface area contributed by atoms with Crippen molar-refractivity contribution in [3.8, 4) is 6.07 Å². The third kappa shape index (κ3) is 2.39. The Bertz CT molecular complexity index is 388. The van der Waals surface area contributed by atoms with Gasteiger partial charge in [-0.3, -0.25) is 9.59 Å². The number of nitrogens with zero attached hydrogens (tertiary/aromatic N) is 1. The second-order valence-corrected chi connectivity index (χ2v) is 3.35. The summed E-state index contributed by atoms with van der Waals surface area (Å²) in [5.41, 5.74) is 0. The van der Waals surface area contributed by atoms with Gasteiger partial charge in [0.15, 0.2) is 5.78 Å². The van der Waals surface area contributed by atoms with Gasteiger partial charge in [-0.25, -0.2) is 0 Å². The highest BCUT2D eigenvalue weighted by molar-refractivity contribution is 7.14. The van der Waals surface area contributed by atoms with E-state index >= 15 is 0 Å². The maximum atomic E-state index is 11.1. The van der Waals surface area contributed by atoms with Crippen molar-refractivity contribution in [3.05, 3.63) is 21.9 Å². The molecule has 1 aromatic heterocycles. The number of carbonyl (C=O) groups excluding carboxylic acids is 1. The van der Waals surface area contributed by atoms with Crippen LogP contribution in [-0.2, 0) is 4.79 Å². The van der Waals surface area contributed by atoms with Crippen molar-refractivity contribution < 1.29 is 14.7 Å². The van der Waals surface area contributed by atoms with Gasteiger partial charge in [-0.05, 0) is 12.1 Å². The topological polar surface area (TPSA) is 78.2 Å². The fraction of sp³-hybridized carbons (Fsp3) is 0.125. The zero-order valence-corrected chi connectivity index (χ0v) is 7.30. The molecule has 0 saturated heterocycles. The van der Waals surface area contributed by atoms with Crippen LogP contribution in [0.3, 0.4) is 0 Å². The van der Waals surface area contributed by atoms with Crippen molar-refractivity contribution in [2.24, 2.45) is 0 Å². The number of carbonyl (C=O) groups is 2. The summed E-state index contributed by atoms with van der Waals surface area (Å²) >= 11 is 1.01. The Hall–Kier alpha value is -1.67. The summed E-state index contributed by atoms with van der Waals surface area (Å²) in [5, 5.41) is 16.8. The van der Waals surface area contributed by atoms with Crippen LogP contribution in [0.4, 0.5) is 0 Å². The van der Waals surface area contributed by atoms with Crippen LogP contribution in [0.15, 0.2) is 12.1 Å². The molecule has 0 fully saturated rings. The Kier molecular flexibility index (Phi) is 2.77. The van der Waals surface area contributed by atoms with E-state index in [9.17, 15) is 9.59 Å². The molecule has 0 spiro atoms. The van der Waals surface area contributed by atoms with E-state index in [2.05, 4.69) is 0 Å². The van der Waals surface area contributed by atoms with E-state index in [4.69, 9.17) is 10.4 Å².